The van der Waals surface area contributed by atoms with Gasteiger partial charge in [0.1, 0.15) is 6.61 Å². The first-order chi connectivity index (χ1) is 10.2. The average Bonchev–Trinajstić information content (AvgIpc) is 3.01. The molecule has 3 rings (SSSR count). The van der Waals surface area contributed by atoms with Crippen molar-refractivity contribution in [2.75, 3.05) is 13.1 Å². The highest BCUT2D eigenvalue weighted by Gasteiger charge is 2.20. The molecule has 1 fully saturated rings. The zero-order valence-electron chi connectivity index (χ0n) is 11.6. The van der Waals surface area contributed by atoms with Gasteiger partial charge in [0, 0.05) is 6.54 Å². The SMILES string of the molecule is Fc1cc(C2CCNC2)cc(Cl)c1OCc1ccccc1. The first kappa shape index (κ1) is 14.4. The Labute approximate surface area is 128 Å². The van der Waals surface area contributed by atoms with Crippen LogP contribution >= 0.6 is 11.6 Å². The molecule has 1 aliphatic heterocycles. The molecule has 1 heterocycles. The van der Waals surface area contributed by atoms with Gasteiger partial charge in [-0.05, 0) is 42.1 Å². The standard InChI is InChI=1S/C17H17ClFNO/c18-15-8-14(13-6-7-20-10-13)9-16(19)17(15)21-11-12-4-2-1-3-5-12/h1-5,8-9,13,20H,6-7,10-11H2. The largest absolute Gasteiger partial charge is 0.484 e. The highest BCUT2D eigenvalue weighted by Crippen LogP contribution is 2.34. The Bertz CT molecular complexity index is 588. The summed E-state index contributed by atoms with van der Waals surface area (Å²) in [6.07, 6.45) is 1.01. The van der Waals surface area contributed by atoms with Crippen LogP contribution in [0.25, 0.3) is 0 Å². The Kier molecular flexibility index (Phi) is 4.42. The van der Waals surface area contributed by atoms with Crippen molar-refractivity contribution < 1.29 is 9.13 Å². The molecule has 2 aromatic rings. The Morgan fingerprint density at radius 1 is 1.24 bits per heavy atom. The number of rotatable bonds is 4. The molecule has 1 saturated heterocycles. The van der Waals surface area contributed by atoms with Gasteiger partial charge in [-0.2, -0.15) is 0 Å². The van der Waals surface area contributed by atoms with Gasteiger partial charge in [0.15, 0.2) is 11.6 Å². The van der Waals surface area contributed by atoms with Gasteiger partial charge in [0.2, 0.25) is 0 Å². The molecule has 1 N–H and O–H groups in total. The number of halogens is 2. The van der Waals surface area contributed by atoms with Gasteiger partial charge in [-0.1, -0.05) is 41.9 Å². The Morgan fingerprint density at radius 3 is 2.71 bits per heavy atom. The molecular formula is C17H17ClFNO. The smallest absolute Gasteiger partial charge is 0.174 e. The van der Waals surface area contributed by atoms with Crippen LogP contribution in [-0.4, -0.2) is 13.1 Å². The Hall–Kier alpha value is -1.58. The normalized spacial score (nSPS) is 17.9. The van der Waals surface area contributed by atoms with E-state index in [4.69, 9.17) is 16.3 Å². The summed E-state index contributed by atoms with van der Waals surface area (Å²) >= 11 is 6.19. The fourth-order valence-electron chi connectivity index (χ4n) is 2.62. The minimum Gasteiger partial charge on any atom is -0.484 e. The van der Waals surface area contributed by atoms with Gasteiger partial charge >= 0.3 is 0 Å². The average molecular weight is 306 g/mol. The maximum Gasteiger partial charge on any atom is 0.174 e. The zero-order valence-corrected chi connectivity index (χ0v) is 12.4. The van der Waals surface area contributed by atoms with Crippen LogP contribution in [0.2, 0.25) is 5.02 Å². The molecule has 0 radical (unpaired) electrons. The zero-order chi connectivity index (χ0) is 14.7. The van der Waals surface area contributed by atoms with Crippen LogP contribution in [0.1, 0.15) is 23.5 Å². The van der Waals surface area contributed by atoms with E-state index < -0.39 is 0 Å². The molecular weight excluding hydrogens is 289 g/mol. The molecule has 0 amide bonds. The van der Waals surface area contributed by atoms with Crippen molar-refractivity contribution >= 4 is 11.6 Å². The lowest BCUT2D eigenvalue weighted by molar-refractivity contribution is 0.290. The molecule has 21 heavy (non-hydrogen) atoms. The molecule has 1 unspecified atom stereocenters. The molecule has 4 heteroatoms. The lowest BCUT2D eigenvalue weighted by Crippen LogP contribution is -2.08. The molecule has 1 aliphatic rings. The molecule has 1 atom stereocenters. The van der Waals surface area contributed by atoms with Gasteiger partial charge in [-0.15, -0.1) is 0 Å². The van der Waals surface area contributed by atoms with E-state index >= 15 is 0 Å². The number of hydrogen-bond acceptors (Lipinski definition) is 2. The molecule has 0 aromatic heterocycles. The van der Waals surface area contributed by atoms with Crippen molar-refractivity contribution in [3.8, 4) is 5.75 Å². The van der Waals surface area contributed by atoms with Crippen molar-refractivity contribution in [3.05, 3.63) is 64.4 Å². The molecule has 2 nitrogen and oxygen atoms in total. The van der Waals surface area contributed by atoms with Gasteiger partial charge in [-0.3, -0.25) is 0 Å². The summed E-state index contributed by atoms with van der Waals surface area (Å²) < 4.78 is 19.8. The van der Waals surface area contributed by atoms with Crippen LogP contribution in [0.3, 0.4) is 0 Å². The number of ether oxygens (including phenoxy) is 1. The highest BCUT2D eigenvalue weighted by atomic mass is 35.5. The first-order valence-electron chi connectivity index (χ1n) is 7.10. The van der Waals surface area contributed by atoms with Crippen molar-refractivity contribution in [2.45, 2.75) is 18.9 Å². The molecule has 0 aliphatic carbocycles. The predicted octanol–water partition coefficient (Wildman–Crippen LogP) is 4.14. The van der Waals surface area contributed by atoms with Crippen molar-refractivity contribution in [2.24, 2.45) is 0 Å². The third-order valence-electron chi connectivity index (χ3n) is 3.78. The molecule has 0 spiro atoms. The van der Waals surface area contributed by atoms with Gasteiger partial charge in [-0.25, -0.2) is 4.39 Å². The molecule has 0 bridgehead atoms. The third-order valence-corrected chi connectivity index (χ3v) is 4.06. The summed E-state index contributed by atoms with van der Waals surface area (Å²) in [5.74, 6) is 0.0794. The maximum absolute atomic E-state index is 14.2. The van der Waals surface area contributed by atoms with Crippen molar-refractivity contribution in [1.29, 1.82) is 0 Å². The van der Waals surface area contributed by atoms with Crippen LogP contribution in [0.15, 0.2) is 42.5 Å². The lowest BCUT2D eigenvalue weighted by atomic mass is 9.98. The number of benzene rings is 2. The van der Waals surface area contributed by atoms with E-state index in [0.717, 1.165) is 30.6 Å². The Balaban J connectivity index is 1.76. The molecule has 0 saturated carbocycles. The van der Waals surface area contributed by atoms with E-state index in [-0.39, 0.29) is 11.6 Å². The third kappa shape index (κ3) is 3.36. The monoisotopic (exact) mass is 305 g/mol. The van der Waals surface area contributed by atoms with Crippen molar-refractivity contribution in [1.82, 2.24) is 5.32 Å². The van der Waals surface area contributed by atoms with E-state index in [1.54, 1.807) is 6.07 Å². The first-order valence-corrected chi connectivity index (χ1v) is 7.48. The van der Waals surface area contributed by atoms with Crippen LogP contribution in [0, 0.1) is 5.82 Å². The second-order valence-corrected chi connectivity index (χ2v) is 5.68. The van der Waals surface area contributed by atoms with E-state index in [2.05, 4.69) is 5.32 Å². The summed E-state index contributed by atoms with van der Waals surface area (Å²) in [4.78, 5) is 0. The van der Waals surface area contributed by atoms with Crippen LogP contribution in [0.5, 0.6) is 5.75 Å². The van der Waals surface area contributed by atoms with Gasteiger partial charge in [0.05, 0.1) is 5.02 Å². The minimum atomic E-state index is -0.389. The van der Waals surface area contributed by atoms with E-state index in [0.29, 0.717) is 17.5 Å². The number of nitrogens with one attached hydrogen (secondary N) is 1. The molecule has 2 aromatic carbocycles. The fourth-order valence-corrected chi connectivity index (χ4v) is 2.89. The highest BCUT2D eigenvalue weighted by molar-refractivity contribution is 6.32. The predicted molar refractivity (Wildman–Crippen MR) is 82.4 cm³/mol. The fraction of sp³-hybridized carbons (Fsp3) is 0.294. The second-order valence-electron chi connectivity index (χ2n) is 5.28. The van der Waals surface area contributed by atoms with Crippen LogP contribution in [-0.2, 0) is 6.61 Å². The van der Waals surface area contributed by atoms with Crippen LogP contribution in [0.4, 0.5) is 4.39 Å². The number of hydrogen-bond donors (Lipinski definition) is 1. The van der Waals surface area contributed by atoms with Crippen molar-refractivity contribution in [3.63, 3.8) is 0 Å². The second kappa shape index (κ2) is 6.46. The maximum atomic E-state index is 14.2. The summed E-state index contributed by atoms with van der Waals surface area (Å²) in [7, 11) is 0. The van der Waals surface area contributed by atoms with Gasteiger partial charge < -0.3 is 10.1 Å². The van der Waals surface area contributed by atoms with E-state index in [1.165, 1.54) is 0 Å². The lowest BCUT2D eigenvalue weighted by Gasteiger charge is -2.14. The minimum absolute atomic E-state index is 0.134. The summed E-state index contributed by atoms with van der Waals surface area (Å²) in [5, 5.41) is 3.61. The summed E-state index contributed by atoms with van der Waals surface area (Å²) in [6.45, 7) is 2.15. The summed E-state index contributed by atoms with van der Waals surface area (Å²) in [5.41, 5.74) is 1.92. The molecule has 110 valence electrons. The van der Waals surface area contributed by atoms with E-state index in [9.17, 15) is 4.39 Å². The quantitative estimate of drug-likeness (QED) is 0.917. The van der Waals surface area contributed by atoms with Gasteiger partial charge in [0.25, 0.3) is 0 Å². The van der Waals surface area contributed by atoms with Crippen LogP contribution < -0.4 is 10.1 Å². The topological polar surface area (TPSA) is 21.3 Å². The summed E-state index contributed by atoms with van der Waals surface area (Å²) in [6, 6.07) is 13.0. The Morgan fingerprint density at radius 2 is 2.05 bits per heavy atom. The van der Waals surface area contributed by atoms with E-state index in [1.807, 2.05) is 36.4 Å².